The molecule has 0 aromatic carbocycles. The zero-order valence-corrected chi connectivity index (χ0v) is 11.1. The Labute approximate surface area is 106 Å². The Balaban J connectivity index is 2.59. The number of aromatic nitrogens is 2. The molecule has 1 unspecified atom stereocenters. The smallest absolute Gasteiger partial charge is 0.315 e. The fourth-order valence-corrected chi connectivity index (χ4v) is 1.19. The Morgan fingerprint density at radius 2 is 2.17 bits per heavy atom. The van der Waals surface area contributed by atoms with Crippen molar-refractivity contribution in [2.24, 2.45) is 0 Å². The van der Waals surface area contributed by atoms with E-state index in [1.165, 1.54) is 0 Å². The Kier molecular flexibility index (Phi) is 4.66. The van der Waals surface area contributed by atoms with Crippen LogP contribution in [0.3, 0.4) is 0 Å². The third-order valence-corrected chi connectivity index (χ3v) is 2.23. The summed E-state index contributed by atoms with van der Waals surface area (Å²) < 4.78 is 5.11. The van der Waals surface area contributed by atoms with Gasteiger partial charge in [-0.2, -0.15) is 4.98 Å². The molecular weight excluding hydrogens is 236 g/mol. The number of nitrogens with one attached hydrogen (secondary N) is 2. The van der Waals surface area contributed by atoms with Gasteiger partial charge >= 0.3 is 6.03 Å². The molecule has 1 aromatic heterocycles. The fourth-order valence-electron chi connectivity index (χ4n) is 1.19. The van der Waals surface area contributed by atoms with Crippen LogP contribution in [-0.4, -0.2) is 34.4 Å². The second-order valence-electron chi connectivity index (χ2n) is 5.05. The molecule has 0 saturated heterocycles. The van der Waals surface area contributed by atoms with Crippen LogP contribution in [0, 0.1) is 0 Å². The Hall–Kier alpha value is -1.63. The summed E-state index contributed by atoms with van der Waals surface area (Å²) in [6.45, 7) is 7.79. The minimum Gasteiger partial charge on any atom is -0.395 e. The number of rotatable bonds is 4. The number of urea groups is 1. The summed E-state index contributed by atoms with van der Waals surface area (Å²) in [5, 5.41) is 17.6. The van der Waals surface area contributed by atoms with Gasteiger partial charge in [-0.25, -0.2) is 4.79 Å². The van der Waals surface area contributed by atoms with Crippen LogP contribution in [0.2, 0.25) is 0 Å². The Morgan fingerprint density at radius 1 is 1.50 bits per heavy atom. The first kappa shape index (κ1) is 14.4. The molecule has 3 N–H and O–H groups in total. The topological polar surface area (TPSA) is 100 Å². The molecule has 0 bridgehead atoms. The lowest BCUT2D eigenvalue weighted by atomic mass is 9.96. The molecule has 7 heteroatoms. The highest BCUT2D eigenvalue weighted by Crippen LogP contribution is 2.20. The van der Waals surface area contributed by atoms with Crippen molar-refractivity contribution < 1.29 is 14.4 Å². The van der Waals surface area contributed by atoms with Crippen molar-refractivity contribution >= 4 is 6.03 Å². The highest BCUT2D eigenvalue weighted by Gasteiger charge is 2.23. The van der Waals surface area contributed by atoms with Crippen molar-refractivity contribution in [1.82, 2.24) is 20.8 Å². The Morgan fingerprint density at radius 3 is 2.67 bits per heavy atom. The van der Waals surface area contributed by atoms with Crippen LogP contribution in [0.15, 0.2) is 4.52 Å². The van der Waals surface area contributed by atoms with E-state index in [4.69, 9.17) is 9.63 Å². The predicted molar refractivity (Wildman–Crippen MR) is 65.0 cm³/mol. The van der Waals surface area contributed by atoms with Crippen LogP contribution in [-0.2, 0) is 5.41 Å². The molecule has 0 spiro atoms. The average Bonchev–Trinajstić information content (AvgIpc) is 2.75. The molecular formula is C11H20N4O3. The molecule has 1 heterocycles. The van der Waals surface area contributed by atoms with Crippen molar-refractivity contribution in [2.45, 2.75) is 39.2 Å². The molecule has 0 saturated carbocycles. The summed E-state index contributed by atoms with van der Waals surface area (Å²) in [5.74, 6) is 0.959. The van der Waals surface area contributed by atoms with E-state index in [1.54, 1.807) is 6.92 Å². The highest BCUT2D eigenvalue weighted by atomic mass is 16.5. The van der Waals surface area contributed by atoms with Gasteiger partial charge < -0.3 is 20.3 Å². The lowest BCUT2D eigenvalue weighted by Gasteiger charge is -2.12. The first-order valence-corrected chi connectivity index (χ1v) is 5.84. The molecule has 0 radical (unpaired) electrons. The highest BCUT2D eigenvalue weighted by molar-refractivity contribution is 5.74. The first-order chi connectivity index (χ1) is 8.34. The lowest BCUT2D eigenvalue weighted by molar-refractivity contribution is 0.228. The monoisotopic (exact) mass is 256 g/mol. The molecule has 0 aliphatic heterocycles. The van der Waals surface area contributed by atoms with Crippen molar-refractivity contribution in [2.75, 3.05) is 13.2 Å². The minimum atomic E-state index is -0.382. The zero-order valence-electron chi connectivity index (χ0n) is 11.1. The summed E-state index contributed by atoms with van der Waals surface area (Å²) in [5.41, 5.74) is -0.194. The van der Waals surface area contributed by atoms with Gasteiger partial charge in [0.05, 0.1) is 6.61 Å². The maximum absolute atomic E-state index is 11.4. The molecule has 7 nitrogen and oxygen atoms in total. The second kappa shape index (κ2) is 5.81. The van der Waals surface area contributed by atoms with Crippen LogP contribution >= 0.6 is 0 Å². The zero-order chi connectivity index (χ0) is 13.8. The molecule has 2 amide bonds. The fraction of sp³-hybridized carbons (Fsp3) is 0.727. The SMILES string of the molecule is CC(NC(=O)NCCO)c1nc(C(C)(C)C)no1. The summed E-state index contributed by atoms with van der Waals surface area (Å²) in [4.78, 5) is 15.6. The van der Waals surface area contributed by atoms with Crippen LogP contribution in [0.5, 0.6) is 0 Å². The minimum absolute atomic E-state index is 0.101. The first-order valence-electron chi connectivity index (χ1n) is 5.84. The maximum Gasteiger partial charge on any atom is 0.315 e. The average molecular weight is 256 g/mol. The normalized spacial score (nSPS) is 13.2. The largest absolute Gasteiger partial charge is 0.395 e. The van der Waals surface area contributed by atoms with Crippen molar-refractivity contribution in [3.05, 3.63) is 11.7 Å². The lowest BCUT2D eigenvalue weighted by Crippen LogP contribution is -2.38. The van der Waals surface area contributed by atoms with Crippen molar-refractivity contribution in [3.63, 3.8) is 0 Å². The molecule has 18 heavy (non-hydrogen) atoms. The quantitative estimate of drug-likeness (QED) is 0.737. The Bertz CT molecular complexity index is 397. The van der Waals surface area contributed by atoms with Gasteiger partial charge in [0.15, 0.2) is 5.82 Å². The molecule has 0 fully saturated rings. The molecule has 1 atom stereocenters. The number of carbonyl (C=O) groups is 1. The maximum atomic E-state index is 11.4. The standard InChI is InChI=1S/C11H20N4O3/c1-7(13-10(17)12-5-6-16)8-14-9(15-18-8)11(2,3)4/h7,16H,5-6H2,1-4H3,(H2,12,13,17). The van der Waals surface area contributed by atoms with E-state index in [0.29, 0.717) is 11.7 Å². The van der Waals surface area contributed by atoms with Crippen LogP contribution < -0.4 is 10.6 Å². The van der Waals surface area contributed by atoms with Crippen molar-refractivity contribution in [3.8, 4) is 0 Å². The van der Waals surface area contributed by atoms with Gasteiger partial charge in [-0.15, -0.1) is 0 Å². The molecule has 1 rings (SSSR count). The number of aliphatic hydroxyl groups excluding tert-OH is 1. The van der Waals surface area contributed by atoms with E-state index in [-0.39, 0.29) is 30.6 Å². The molecule has 102 valence electrons. The van der Waals surface area contributed by atoms with Gasteiger partial charge in [-0.1, -0.05) is 25.9 Å². The third kappa shape index (κ3) is 3.99. The predicted octanol–water partition coefficient (Wildman–Crippen LogP) is 0.720. The number of carbonyl (C=O) groups excluding carboxylic acids is 1. The van der Waals surface area contributed by atoms with Crippen LogP contribution in [0.25, 0.3) is 0 Å². The van der Waals surface area contributed by atoms with Gasteiger partial charge in [0.2, 0.25) is 5.89 Å². The molecule has 0 aliphatic carbocycles. The number of hydrogen-bond donors (Lipinski definition) is 3. The molecule has 0 aliphatic rings. The van der Waals surface area contributed by atoms with Crippen molar-refractivity contribution in [1.29, 1.82) is 0 Å². The van der Waals surface area contributed by atoms with Gasteiger partial charge in [-0.05, 0) is 6.92 Å². The summed E-state index contributed by atoms with van der Waals surface area (Å²) >= 11 is 0. The summed E-state index contributed by atoms with van der Waals surface area (Å²) in [7, 11) is 0. The molecule has 1 aromatic rings. The van der Waals surface area contributed by atoms with E-state index in [2.05, 4.69) is 20.8 Å². The number of aliphatic hydroxyl groups is 1. The number of amides is 2. The van der Waals surface area contributed by atoms with Gasteiger partial charge in [0.25, 0.3) is 0 Å². The van der Waals surface area contributed by atoms with Gasteiger partial charge in [-0.3, -0.25) is 0 Å². The van der Waals surface area contributed by atoms with Gasteiger partial charge in [0.1, 0.15) is 6.04 Å². The summed E-state index contributed by atoms with van der Waals surface area (Å²) in [6, 6.07) is -0.764. The van der Waals surface area contributed by atoms with E-state index < -0.39 is 0 Å². The van der Waals surface area contributed by atoms with Crippen LogP contribution in [0.1, 0.15) is 45.5 Å². The van der Waals surface area contributed by atoms with E-state index >= 15 is 0 Å². The number of nitrogens with zero attached hydrogens (tertiary/aromatic N) is 2. The summed E-state index contributed by atoms with van der Waals surface area (Å²) in [6.07, 6.45) is 0. The second-order valence-corrected chi connectivity index (χ2v) is 5.05. The van der Waals surface area contributed by atoms with E-state index in [9.17, 15) is 4.79 Å². The van der Waals surface area contributed by atoms with Crippen LogP contribution in [0.4, 0.5) is 4.79 Å². The number of hydrogen-bond acceptors (Lipinski definition) is 5. The third-order valence-electron chi connectivity index (χ3n) is 2.23. The van der Waals surface area contributed by atoms with Gasteiger partial charge in [0, 0.05) is 12.0 Å². The van der Waals surface area contributed by atoms with E-state index in [1.807, 2.05) is 20.8 Å². The van der Waals surface area contributed by atoms with E-state index in [0.717, 1.165) is 0 Å².